The second kappa shape index (κ2) is 12.4. The van der Waals surface area contributed by atoms with Crippen molar-refractivity contribution in [3.8, 4) is 0 Å². The maximum absolute atomic E-state index is 12.2. The lowest BCUT2D eigenvalue weighted by molar-refractivity contribution is -0.401. The molecule has 0 saturated heterocycles. The van der Waals surface area contributed by atoms with E-state index in [9.17, 15) is 29.7 Å². The van der Waals surface area contributed by atoms with Gasteiger partial charge in [0.1, 0.15) is 7.05 Å². The fourth-order valence-electron chi connectivity index (χ4n) is 7.29. The molecule has 3 aromatic carbocycles. The number of rotatable bonds is 8. The second-order valence-corrected chi connectivity index (χ2v) is 14.7. The molecule has 0 unspecified atom stereocenters. The van der Waals surface area contributed by atoms with Crippen LogP contribution in [0.3, 0.4) is 0 Å². The first-order valence-corrected chi connectivity index (χ1v) is 16.9. The Hall–Kier alpha value is -5.15. The van der Waals surface area contributed by atoms with E-state index in [1.807, 2.05) is 38.4 Å². The summed E-state index contributed by atoms with van der Waals surface area (Å²) in [7, 11) is 3.98. The zero-order chi connectivity index (χ0) is 35.4. The fourth-order valence-corrected chi connectivity index (χ4v) is 8.53. The lowest BCUT2D eigenvalue weighted by atomic mass is 9.80. The number of anilines is 1. The predicted octanol–water partition coefficient (Wildman–Crippen LogP) is 8.42. The van der Waals surface area contributed by atoms with Crippen LogP contribution in [-0.4, -0.2) is 57.6 Å². The average molecular weight is 676 g/mol. The molecule has 0 bridgehead atoms. The minimum Gasteiger partial charge on any atom is -0.478 e. The molecular formula is C40H39N2O6S+. The Bertz CT molecular complexity index is 2110. The third kappa shape index (κ3) is 5.82. The van der Waals surface area contributed by atoms with Crippen molar-refractivity contribution in [3.05, 3.63) is 135 Å². The predicted molar refractivity (Wildman–Crippen MR) is 193 cm³/mol. The van der Waals surface area contributed by atoms with Crippen LogP contribution in [0.1, 0.15) is 82.7 Å². The number of benzene rings is 3. The third-order valence-corrected chi connectivity index (χ3v) is 11.3. The molecule has 0 aromatic heterocycles. The summed E-state index contributed by atoms with van der Waals surface area (Å²) >= 11 is 1.46. The van der Waals surface area contributed by atoms with Gasteiger partial charge in [-0.25, -0.2) is 14.4 Å². The zero-order valence-electron chi connectivity index (χ0n) is 28.4. The lowest BCUT2D eigenvalue weighted by Gasteiger charge is -2.24. The van der Waals surface area contributed by atoms with Gasteiger partial charge < -0.3 is 20.2 Å². The second-order valence-electron chi connectivity index (χ2n) is 13.7. The maximum atomic E-state index is 12.2. The quantitative estimate of drug-likeness (QED) is 0.204. The van der Waals surface area contributed by atoms with Crippen molar-refractivity contribution in [3.63, 3.8) is 0 Å². The van der Waals surface area contributed by atoms with E-state index in [0.717, 1.165) is 62.8 Å². The highest BCUT2D eigenvalue weighted by Gasteiger charge is 2.43. The van der Waals surface area contributed by atoms with Crippen molar-refractivity contribution in [2.24, 2.45) is 0 Å². The number of hydrogen-bond donors (Lipinski definition) is 3. The van der Waals surface area contributed by atoms with Gasteiger partial charge in [0.15, 0.2) is 5.71 Å². The molecule has 0 atom stereocenters. The Morgan fingerprint density at radius 3 is 2.12 bits per heavy atom. The Morgan fingerprint density at radius 2 is 1.45 bits per heavy atom. The number of hydrogen-bond acceptors (Lipinski definition) is 5. The molecule has 49 heavy (non-hydrogen) atoms. The molecule has 0 amide bonds. The molecule has 0 radical (unpaired) electrons. The molecule has 1 aliphatic carbocycles. The van der Waals surface area contributed by atoms with Crippen molar-refractivity contribution in [1.82, 2.24) is 0 Å². The number of fused-ring (bicyclic) bond motifs is 2. The van der Waals surface area contributed by atoms with E-state index in [0.29, 0.717) is 4.90 Å². The van der Waals surface area contributed by atoms with Gasteiger partial charge in [-0.3, -0.25) is 0 Å². The molecule has 8 nitrogen and oxygen atoms in total. The number of aromatic carboxylic acids is 3. The molecule has 9 heteroatoms. The van der Waals surface area contributed by atoms with Crippen molar-refractivity contribution in [1.29, 1.82) is 0 Å². The van der Waals surface area contributed by atoms with Gasteiger partial charge >= 0.3 is 17.9 Å². The van der Waals surface area contributed by atoms with Gasteiger partial charge in [-0.15, -0.1) is 0 Å². The molecule has 3 N–H and O–H groups in total. The number of carbonyl (C=O) groups is 3. The average Bonchev–Trinajstić information content (AvgIpc) is 3.59. The zero-order valence-corrected chi connectivity index (χ0v) is 29.2. The van der Waals surface area contributed by atoms with Crippen LogP contribution < -0.4 is 4.90 Å². The summed E-state index contributed by atoms with van der Waals surface area (Å²) in [6.45, 7) is 8.38. The fraction of sp³-hybridized carbons (Fsp3) is 0.250. The van der Waals surface area contributed by atoms with Crippen LogP contribution in [0.4, 0.5) is 11.4 Å². The Kier molecular flexibility index (Phi) is 8.53. The number of carboxylic acids is 3. The summed E-state index contributed by atoms with van der Waals surface area (Å²) in [5.74, 6) is -2.90. The smallest absolute Gasteiger partial charge is 0.336 e. The van der Waals surface area contributed by atoms with Crippen LogP contribution in [0.5, 0.6) is 0 Å². The molecule has 3 aliphatic rings. The summed E-state index contributed by atoms with van der Waals surface area (Å²) in [5.41, 5.74) is 7.93. The molecule has 0 saturated carbocycles. The van der Waals surface area contributed by atoms with Gasteiger partial charge in [0.2, 0.25) is 5.69 Å². The monoisotopic (exact) mass is 675 g/mol. The van der Waals surface area contributed by atoms with Gasteiger partial charge in [0, 0.05) is 51.4 Å². The molecule has 6 rings (SSSR count). The van der Waals surface area contributed by atoms with E-state index in [4.69, 9.17) is 0 Å². The first kappa shape index (κ1) is 33.7. The summed E-state index contributed by atoms with van der Waals surface area (Å²) in [4.78, 5) is 39.4. The number of thioether (sulfide) groups is 1. The normalized spacial score (nSPS) is 19.3. The van der Waals surface area contributed by atoms with E-state index in [-0.39, 0.29) is 16.7 Å². The molecule has 2 aliphatic heterocycles. The number of nitrogens with zero attached hydrogens (tertiary/aromatic N) is 2. The van der Waals surface area contributed by atoms with Crippen LogP contribution in [0, 0.1) is 0 Å². The highest BCUT2D eigenvalue weighted by Crippen LogP contribution is 2.49. The van der Waals surface area contributed by atoms with Crippen molar-refractivity contribution < 1.29 is 34.3 Å². The molecule has 3 aromatic rings. The van der Waals surface area contributed by atoms with Crippen molar-refractivity contribution in [2.45, 2.75) is 56.3 Å². The van der Waals surface area contributed by atoms with Crippen molar-refractivity contribution >= 4 is 46.8 Å². The Morgan fingerprint density at radius 1 is 0.796 bits per heavy atom. The molecule has 2 heterocycles. The number of carboxylic acid groups (broad SMARTS) is 3. The maximum Gasteiger partial charge on any atom is 0.336 e. The van der Waals surface area contributed by atoms with Crippen LogP contribution in [0.15, 0.2) is 112 Å². The number of likely N-dealkylation sites (N-methyl/N-ethyl adjacent to an activating group) is 1. The topological polar surface area (TPSA) is 118 Å². The lowest BCUT2D eigenvalue weighted by Crippen LogP contribution is -2.26. The first-order chi connectivity index (χ1) is 23.1. The first-order valence-electron chi connectivity index (χ1n) is 16.1. The third-order valence-electron chi connectivity index (χ3n) is 10.0. The van der Waals surface area contributed by atoms with E-state index in [1.165, 1.54) is 11.8 Å². The van der Waals surface area contributed by atoms with Crippen LogP contribution in [0.2, 0.25) is 0 Å². The Balaban J connectivity index is 1.42. The standard InChI is InChI=1S/C40H38N2O6S/c1-39(2)28-21-25(36(43)44)13-17-30(28)41(5)33(39)19-15-23-11-12-24(35(23)49-32-10-8-7-9-27(32)38(47)48)16-20-34-40(3,4)29-22-26(37(45)46)14-18-31(29)42(34)6/h7-10,13-22H,11-12H2,1-6H3,(H2-,43,44,45,46,47,48)/p+1. The van der Waals surface area contributed by atoms with E-state index in [2.05, 4.69) is 61.5 Å². The minimum absolute atomic E-state index is 0.241. The summed E-state index contributed by atoms with van der Waals surface area (Å²) in [6, 6.07) is 17.5. The minimum atomic E-state index is -0.984. The van der Waals surface area contributed by atoms with Crippen LogP contribution in [-0.2, 0) is 10.8 Å². The summed E-state index contributed by atoms with van der Waals surface area (Å²) < 4.78 is 2.10. The van der Waals surface area contributed by atoms with Gasteiger partial charge in [-0.2, -0.15) is 4.58 Å². The van der Waals surface area contributed by atoms with E-state index >= 15 is 0 Å². The van der Waals surface area contributed by atoms with Crippen molar-refractivity contribution in [2.75, 3.05) is 19.0 Å². The van der Waals surface area contributed by atoms with Gasteiger partial charge in [0.05, 0.1) is 22.1 Å². The van der Waals surface area contributed by atoms with Crippen LogP contribution in [0.25, 0.3) is 0 Å². The summed E-state index contributed by atoms with van der Waals surface area (Å²) in [5, 5.41) is 29.2. The summed E-state index contributed by atoms with van der Waals surface area (Å²) in [6.07, 6.45) is 9.96. The van der Waals surface area contributed by atoms with Crippen LogP contribution >= 0.6 is 11.8 Å². The highest BCUT2D eigenvalue weighted by molar-refractivity contribution is 8.03. The van der Waals surface area contributed by atoms with Gasteiger partial charge in [-0.1, -0.05) is 49.9 Å². The number of allylic oxidation sites excluding steroid dienone is 7. The van der Waals surface area contributed by atoms with Gasteiger partial charge in [0.25, 0.3) is 0 Å². The van der Waals surface area contributed by atoms with Gasteiger partial charge in [-0.05, 0) is 91.9 Å². The SMILES string of the molecule is CN1/C(=C/C=C2\CCC(/C=C/C3=[N+](C)c4ccc(C(=O)O)cc4C3(C)C)=C2Sc2ccccc2C(=O)O)C(C)(C)c2cc(C(=O)O)ccc21. The molecule has 250 valence electrons. The Labute approximate surface area is 290 Å². The van der Waals surface area contributed by atoms with E-state index in [1.54, 1.807) is 36.4 Å². The largest absolute Gasteiger partial charge is 0.478 e. The molecule has 0 spiro atoms. The molecular weight excluding hydrogens is 637 g/mol. The highest BCUT2D eigenvalue weighted by atomic mass is 32.2. The van der Waals surface area contributed by atoms with E-state index < -0.39 is 28.7 Å². The molecule has 0 fully saturated rings.